The smallest absolute Gasteiger partial charge is 0.169 e. The monoisotopic (exact) mass is 416 g/mol. The molecule has 0 spiro atoms. The summed E-state index contributed by atoms with van der Waals surface area (Å²) in [7, 11) is 0. The fourth-order valence-corrected chi connectivity index (χ4v) is 6.77. The molecule has 3 nitrogen and oxygen atoms in total. The average Bonchev–Trinajstić information content (AvgIpc) is 3.00. The van der Waals surface area contributed by atoms with Crippen molar-refractivity contribution < 1.29 is 15.3 Å². The van der Waals surface area contributed by atoms with Crippen LogP contribution >= 0.6 is 0 Å². The summed E-state index contributed by atoms with van der Waals surface area (Å²) in [5, 5.41) is 30.2. The van der Waals surface area contributed by atoms with Crippen LogP contribution in [0.1, 0.15) is 91.9 Å². The maximum atomic E-state index is 10.1. The lowest BCUT2D eigenvalue weighted by atomic mass is 9.60. The van der Waals surface area contributed by atoms with Gasteiger partial charge < -0.3 is 15.3 Å². The van der Waals surface area contributed by atoms with Crippen LogP contribution in [0.4, 0.5) is 0 Å². The Kier molecular flexibility index (Phi) is 7.37. The Balaban J connectivity index is 1.74. The largest absolute Gasteiger partial charge is 0.388 e. The zero-order chi connectivity index (χ0) is 22.1. The number of allylic oxidation sites excluding steroid dienone is 3. The van der Waals surface area contributed by atoms with Crippen molar-refractivity contribution in [3.05, 3.63) is 35.5 Å². The van der Waals surface area contributed by atoms with Crippen molar-refractivity contribution in [1.29, 1.82) is 0 Å². The second-order valence-corrected chi connectivity index (χ2v) is 11.2. The summed E-state index contributed by atoms with van der Waals surface area (Å²) < 4.78 is 0. The van der Waals surface area contributed by atoms with E-state index in [1.165, 1.54) is 50.5 Å². The van der Waals surface area contributed by atoms with Gasteiger partial charge in [0.05, 0.1) is 6.10 Å². The Hall–Kier alpha value is -0.900. The van der Waals surface area contributed by atoms with Crippen LogP contribution in [-0.4, -0.2) is 27.2 Å². The molecule has 0 aromatic carbocycles. The minimum atomic E-state index is -1.84. The molecule has 0 bridgehead atoms. The van der Waals surface area contributed by atoms with Crippen LogP contribution in [-0.2, 0) is 0 Å². The fourth-order valence-electron chi connectivity index (χ4n) is 6.77. The standard InChI is InChI=1S/C27H44O3/c1-18(2)8-6-9-19(3)23-13-14-24-21(10-7-15-26(23,24)5)11-12-22-16-27(29,30)17-25(28)20(22)4/h11-12,18-19,23-25,28-30H,4,6-10,13-17H2,1-3,5H3/b21-11+,22-12+/t19-,23-,24+,25?,26-/m1/s1. The van der Waals surface area contributed by atoms with Gasteiger partial charge in [-0.2, -0.15) is 0 Å². The molecule has 3 saturated carbocycles. The first-order valence-corrected chi connectivity index (χ1v) is 12.2. The summed E-state index contributed by atoms with van der Waals surface area (Å²) in [5.74, 6) is 1.19. The molecule has 0 amide bonds. The lowest BCUT2D eigenvalue weighted by Crippen LogP contribution is -2.39. The predicted octanol–water partition coefficient (Wildman–Crippen LogP) is 5.91. The van der Waals surface area contributed by atoms with Crippen LogP contribution in [0.25, 0.3) is 0 Å². The summed E-state index contributed by atoms with van der Waals surface area (Å²) in [4.78, 5) is 0. The second kappa shape index (κ2) is 9.30. The van der Waals surface area contributed by atoms with Gasteiger partial charge >= 0.3 is 0 Å². The van der Waals surface area contributed by atoms with Crippen LogP contribution in [0.3, 0.4) is 0 Å². The summed E-state index contributed by atoms with van der Waals surface area (Å²) >= 11 is 0. The highest BCUT2D eigenvalue weighted by Crippen LogP contribution is 2.60. The quantitative estimate of drug-likeness (QED) is 0.472. The molecule has 3 aliphatic carbocycles. The van der Waals surface area contributed by atoms with Crippen molar-refractivity contribution in [2.45, 2.75) is 104 Å². The maximum Gasteiger partial charge on any atom is 0.169 e. The van der Waals surface area contributed by atoms with Crippen LogP contribution in [0.2, 0.25) is 0 Å². The highest BCUT2D eigenvalue weighted by Gasteiger charge is 2.50. The van der Waals surface area contributed by atoms with Gasteiger partial charge in [-0.3, -0.25) is 0 Å². The SMILES string of the molecule is C=C1/C(=C/C=C2\CCC[C@]3(C)[C@@H]([C@H](C)CCCC(C)C)CC[C@@H]23)CC(O)(O)CC1O. The Morgan fingerprint density at radius 2 is 1.87 bits per heavy atom. The lowest BCUT2D eigenvalue weighted by Gasteiger charge is -2.44. The normalized spacial score (nSPS) is 37.7. The van der Waals surface area contributed by atoms with Gasteiger partial charge in [0.15, 0.2) is 5.79 Å². The molecule has 0 aromatic heterocycles. The van der Waals surface area contributed by atoms with Gasteiger partial charge in [0.1, 0.15) is 0 Å². The third-order valence-corrected chi connectivity index (χ3v) is 8.47. The van der Waals surface area contributed by atoms with Crippen molar-refractivity contribution in [3.8, 4) is 0 Å². The Morgan fingerprint density at radius 1 is 1.13 bits per heavy atom. The van der Waals surface area contributed by atoms with E-state index in [-0.39, 0.29) is 12.8 Å². The molecule has 3 rings (SSSR count). The Bertz CT molecular complexity index is 686. The van der Waals surface area contributed by atoms with Gasteiger partial charge in [-0.05, 0) is 72.3 Å². The summed E-state index contributed by atoms with van der Waals surface area (Å²) in [6.07, 6.45) is 13.8. The highest BCUT2D eigenvalue weighted by molar-refractivity contribution is 5.39. The van der Waals surface area contributed by atoms with E-state index in [0.717, 1.165) is 29.7 Å². The molecular formula is C27H44O3. The first kappa shape index (κ1) is 23.8. The highest BCUT2D eigenvalue weighted by atomic mass is 16.5. The Morgan fingerprint density at radius 3 is 2.57 bits per heavy atom. The van der Waals surface area contributed by atoms with Crippen molar-refractivity contribution in [1.82, 2.24) is 0 Å². The second-order valence-electron chi connectivity index (χ2n) is 11.2. The van der Waals surface area contributed by atoms with Crippen molar-refractivity contribution in [2.75, 3.05) is 0 Å². The van der Waals surface area contributed by atoms with Gasteiger partial charge in [-0.25, -0.2) is 0 Å². The number of hydrogen-bond acceptors (Lipinski definition) is 3. The maximum absolute atomic E-state index is 10.1. The summed E-state index contributed by atoms with van der Waals surface area (Å²) in [6, 6.07) is 0. The van der Waals surface area contributed by atoms with E-state index in [9.17, 15) is 15.3 Å². The first-order valence-electron chi connectivity index (χ1n) is 12.2. The van der Waals surface area contributed by atoms with Crippen LogP contribution in [0.15, 0.2) is 35.5 Å². The van der Waals surface area contributed by atoms with Crippen molar-refractivity contribution in [3.63, 3.8) is 0 Å². The molecule has 30 heavy (non-hydrogen) atoms. The van der Waals surface area contributed by atoms with E-state index < -0.39 is 11.9 Å². The molecular weight excluding hydrogens is 372 g/mol. The number of hydrogen-bond donors (Lipinski definition) is 3. The predicted molar refractivity (Wildman–Crippen MR) is 124 cm³/mol. The van der Waals surface area contributed by atoms with E-state index in [1.54, 1.807) is 0 Å². The molecule has 3 fully saturated rings. The first-order chi connectivity index (χ1) is 14.0. The minimum absolute atomic E-state index is 0.0587. The van der Waals surface area contributed by atoms with Gasteiger partial charge in [0.2, 0.25) is 0 Å². The van der Waals surface area contributed by atoms with E-state index in [2.05, 4.69) is 40.3 Å². The molecule has 0 heterocycles. The molecule has 1 unspecified atom stereocenters. The minimum Gasteiger partial charge on any atom is -0.388 e. The molecule has 3 aliphatic rings. The molecule has 3 N–H and O–H groups in total. The topological polar surface area (TPSA) is 60.7 Å². The third-order valence-electron chi connectivity index (χ3n) is 8.47. The number of aliphatic hydroxyl groups excluding tert-OH is 1. The number of fused-ring (bicyclic) bond motifs is 1. The Labute approximate surface area is 184 Å². The van der Waals surface area contributed by atoms with E-state index in [1.807, 2.05) is 6.08 Å². The zero-order valence-electron chi connectivity index (χ0n) is 19.7. The molecule has 0 aliphatic heterocycles. The van der Waals surface area contributed by atoms with Crippen molar-refractivity contribution >= 4 is 0 Å². The van der Waals surface area contributed by atoms with Crippen LogP contribution in [0, 0.1) is 29.1 Å². The van der Waals surface area contributed by atoms with Crippen LogP contribution < -0.4 is 0 Å². The molecule has 170 valence electrons. The van der Waals surface area contributed by atoms with Gasteiger partial charge in [-0.15, -0.1) is 0 Å². The fraction of sp³-hybridized carbons (Fsp3) is 0.778. The van der Waals surface area contributed by atoms with Crippen molar-refractivity contribution in [2.24, 2.45) is 29.1 Å². The summed E-state index contributed by atoms with van der Waals surface area (Å²) in [6.45, 7) is 13.6. The number of rotatable bonds is 6. The molecule has 0 saturated heterocycles. The molecule has 3 heteroatoms. The van der Waals surface area contributed by atoms with Gasteiger partial charge in [-0.1, -0.05) is 71.3 Å². The molecule has 0 aromatic rings. The van der Waals surface area contributed by atoms with E-state index in [4.69, 9.17) is 0 Å². The average molecular weight is 417 g/mol. The summed E-state index contributed by atoms with van der Waals surface area (Å²) in [5.41, 5.74) is 3.31. The lowest BCUT2D eigenvalue weighted by molar-refractivity contribution is -0.181. The van der Waals surface area contributed by atoms with Crippen LogP contribution in [0.5, 0.6) is 0 Å². The van der Waals surface area contributed by atoms with E-state index >= 15 is 0 Å². The number of aliphatic hydroxyl groups is 3. The van der Waals surface area contributed by atoms with Gasteiger partial charge in [0, 0.05) is 12.8 Å². The third kappa shape index (κ3) is 5.11. The van der Waals surface area contributed by atoms with Gasteiger partial charge in [0.25, 0.3) is 0 Å². The molecule has 5 atom stereocenters. The van der Waals surface area contributed by atoms with E-state index in [0.29, 0.717) is 16.9 Å². The molecule has 0 radical (unpaired) electrons. The zero-order valence-corrected chi connectivity index (χ0v) is 19.7.